The minimum atomic E-state index is -1.01. The number of benzene rings is 1. The topological polar surface area (TPSA) is 104 Å². The molecular formula is C29H34N8O2. The first-order valence-corrected chi connectivity index (χ1v) is 13.4. The molecule has 202 valence electrons. The van der Waals surface area contributed by atoms with Crippen LogP contribution in [0.25, 0.3) is 16.9 Å². The number of allylic oxidation sites excluding steroid dienone is 1. The number of anilines is 3. The highest BCUT2D eigenvalue weighted by Gasteiger charge is 2.34. The van der Waals surface area contributed by atoms with Crippen molar-refractivity contribution in [2.45, 2.75) is 44.9 Å². The van der Waals surface area contributed by atoms with E-state index in [2.05, 4.69) is 52.8 Å². The first-order chi connectivity index (χ1) is 18.7. The van der Waals surface area contributed by atoms with Crippen LogP contribution in [0, 0.1) is 0 Å². The lowest BCUT2D eigenvalue weighted by Gasteiger charge is -2.39. The SMILES string of the molecule is C=CCn1c(=O)c2cnc(Nc3ccc(N4CCN(C)C[C@H]4C)cc3)nc2n1-c1ccc2c(n1)C(C)(O)CC2. The zero-order chi connectivity index (χ0) is 27.3. The van der Waals surface area contributed by atoms with Crippen LogP contribution in [0.3, 0.4) is 0 Å². The highest BCUT2D eigenvalue weighted by molar-refractivity contribution is 5.77. The summed E-state index contributed by atoms with van der Waals surface area (Å²) < 4.78 is 3.24. The van der Waals surface area contributed by atoms with Crippen LogP contribution in [-0.2, 0) is 18.6 Å². The molecule has 0 spiro atoms. The third-order valence-corrected chi connectivity index (χ3v) is 7.84. The quantitative estimate of drug-likeness (QED) is 0.369. The lowest BCUT2D eigenvalue weighted by molar-refractivity contribution is 0.0553. The second-order valence-corrected chi connectivity index (χ2v) is 10.8. The molecule has 1 aliphatic carbocycles. The number of nitrogens with one attached hydrogen (secondary N) is 1. The molecule has 6 rings (SSSR count). The highest BCUT2D eigenvalue weighted by Crippen LogP contribution is 2.35. The van der Waals surface area contributed by atoms with Gasteiger partial charge in [0.2, 0.25) is 5.95 Å². The summed E-state index contributed by atoms with van der Waals surface area (Å²) in [4.78, 5) is 32.0. The Labute approximate surface area is 227 Å². The van der Waals surface area contributed by atoms with Gasteiger partial charge in [0.1, 0.15) is 11.0 Å². The Morgan fingerprint density at radius 1 is 1.18 bits per heavy atom. The van der Waals surface area contributed by atoms with E-state index in [4.69, 9.17) is 9.97 Å². The molecule has 1 aliphatic heterocycles. The molecule has 3 aromatic heterocycles. The first kappa shape index (κ1) is 25.3. The molecule has 39 heavy (non-hydrogen) atoms. The molecule has 0 amide bonds. The fraction of sp³-hybridized carbons (Fsp3) is 0.379. The Kier molecular flexibility index (Phi) is 6.23. The van der Waals surface area contributed by atoms with Crippen molar-refractivity contribution in [1.29, 1.82) is 0 Å². The zero-order valence-electron chi connectivity index (χ0n) is 22.6. The van der Waals surface area contributed by atoms with E-state index in [1.54, 1.807) is 28.6 Å². The van der Waals surface area contributed by atoms with E-state index < -0.39 is 5.60 Å². The van der Waals surface area contributed by atoms with Crippen LogP contribution in [0.4, 0.5) is 17.3 Å². The van der Waals surface area contributed by atoms with E-state index in [1.165, 1.54) is 5.69 Å². The van der Waals surface area contributed by atoms with Crippen molar-refractivity contribution < 1.29 is 5.11 Å². The summed E-state index contributed by atoms with van der Waals surface area (Å²) in [6.07, 6.45) is 4.60. The molecule has 10 heteroatoms. The predicted molar refractivity (Wildman–Crippen MR) is 153 cm³/mol. The summed E-state index contributed by atoms with van der Waals surface area (Å²) in [5, 5.41) is 14.5. The highest BCUT2D eigenvalue weighted by atomic mass is 16.3. The van der Waals surface area contributed by atoms with E-state index in [9.17, 15) is 9.90 Å². The third kappa shape index (κ3) is 4.49. The number of piperazine rings is 1. The van der Waals surface area contributed by atoms with E-state index in [0.29, 0.717) is 41.0 Å². The number of likely N-dealkylation sites (N-methyl/N-ethyl adjacent to an activating group) is 1. The van der Waals surface area contributed by atoms with Gasteiger partial charge in [-0.25, -0.2) is 19.3 Å². The van der Waals surface area contributed by atoms with E-state index in [0.717, 1.165) is 37.3 Å². The molecule has 4 heterocycles. The van der Waals surface area contributed by atoms with Gasteiger partial charge in [0.25, 0.3) is 5.56 Å². The standard InChI is InChI=1S/C29H34N8O2/c1-5-14-36-27(38)23-17-30-28(31-21-7-9-22(10-8-21)35-16-15-34(4)18-19(35)2)33-26(23)37(36)24-11-6-20-12-13-29(3,39)25(20)32-24/h5-11,17,19,39H,1,12-16,18H2,2-4H3,(H,30,31,33)/t19-,29?/m1/s1. The molecule has 2 aliphatic rings. The smallest absolute Gasteiger partial charge is 0.278 e. The van der Waals surface area contributed by atoms with Gasteiger partial charge in [-0.3, -0.25) is 4.79 Å². The summed E-state index contributed by atoms with van der Waals surface area (Å²) >= 11 is 0. The van der Waals surface area contributed by atoms with Gasteiger partial charge in [0.15, 0.2) is 11.5 Å². The Morgan fingerprint density at radius 2 is 1.97 bits per heavy atom. The fourth-order valence-corrected chi connectivity index (χ4v) is 5.76. The number of aromatic nitrogens is 5. The minimum Gasteiger partial charge on any atom is -0.384 e. The Balaban J connectivity index is 1.35. The largest absolute Gasteiger partial charge is 0.384 e. The van der Waals surface area contributed by atoms with Crippen molar-refractivity contribution in [1.82, 2.24) is 29.2 Å². The molecule has 0 saturated carbocycles. The fourth-order valence-electron chi connectivity index (χ4n) is 5.76. The normalized spacial score (nSPS) is 21.3. The number of hydrogen-bond acceptors (Lipinski definition) is 8. The van der Waals surface area contributed by atoms with Gasteiger partial charge >= 0.3 is 0 Å². The molecule has 0 bridgehead atoms. The van der Waals surface area contributed by atoms with Crippen LogP contribution in [0.2, 0.25) is 0 Å². The molecule has 1 saturated heterocycles. The van der Waals surface area contributed by atoms with Crippen LogP contribution in [0.1, 0.15) is 31.5 Å². The van der Waals surface area contributed by atoms with Gasteiger partial charge in [0, 0.05) is 43.2 Å². The molecule has 1 unspecified atom stereocenters. The van der Waals surface area contributed by atoms with Gasteiger partial charge < -0.3 is 20.2 Å². The Hall–Kier alpha value is -4.02. The summed E-state index contributed by atoms with van der Waals surface area (Å²) in [7, 11) is 2.16. The number of aliphatic hydroxyl groups is 1. The molecule has 2 N–H and O–H groups in total. The molecule has 10 nitrogen and oxygen atoms in total. The second-order valence-electron chi connectivity index (χ2n) is 10.8. The number of fused-ring (bicyclic) bond motifs is 2. The second kappa shape index (κ2) is 9.62. The van der Waals surface area contributed by atoms with Crippen molar-refractivity contribution in [3.63, 3.8) is 0 Å². The van der Waals surface area contributed by atoms with Crippen molar-refractivity contribution in [3.8, 4) is 5.82 Å². The maximum absolute atomic E-state index is 13.3. The molecule has 2 atom stereocenters. The Bertz CT molecular complexity index is 1600. The zero-order valence-corrected chi connectivity index (χ0v) is 22.6. The molecular weight excluding hydrogens is 492 g/mol. The number of rotatable bonds is 6. The third-order valence-electron chi connectivity index (χ3n) is 7.84. The average molecular weight is 527 g/mol. The van der Waals surface area contributed by atoms with E-state index >= 15 is 0 Å². The van der Waals surface area contributed by atoms with Crippen molar-refractivity contribution in [2.75, 3.05) is 36.9 Å². The maximum Gasteiger partial charge on any atom is 0.278 e. The summed E-state index contributed by atoms with van der Waals surface area (Å²) in [5.74, 6) is 0.890. The first-order valence-electron chi connectivity index (χ1n) is 13.4. The van der Waals surface area contributed by atoms with E-state index in [1.807, 2.05) is 24.3 Å². The molecule has 1 aromatic carbocycles. The van der Waals surface area contributed by atoms with Crippen LogP contribution in [-0.4, -0.2) is 67.0 Å². The number of hydrogen-bond donors (Lipinski definition) is 2. The lowest BCUT2D eigenvalue weighted by atomic mass is 10.0. The molecule has 0 radical (unpaired) electrons. The lowest BCUT2D eigenvalue weighted by Crippen LogP contribution is -2.50. The van der Waals surface area contributed by atoms with Crippen LogP contribution >= 0.6 is 0 Å². The summed E-state index contributed by atoms with van der Waals surface area (Å²) in [5.41, 5.74) is 2.90. The number of aryl methyl sites for hydroxylation is 1. The van der Waals surface area contributed by atoms with Crippen LogP contribution in [0.15, 0.2) is 60.0 Å². The van der Waals surface area contributed by atoms with E-state index in [-0.39, 0.29) is 12.1 Å². The minimum absolute atomic E-state index is 0.226. The predicted octanol–water partition coefficient (Wildman–Crippen LogP) is 3.20. The number of nitrogens with zero attached hydrogens (tertiary/aromatic N) is 7. The molecule has 4 aromatic rings. The van der Waals surface area contributed by atoms with Crippen molar-refractivity contribution in [2.24, 2.45) is 0 Å². The van der Waals surface area contributed by atoms with Gasteiger partial charge in [0.05, 0.1) is 12.2 Å². The van der Waals surface area contributed by atoms with Crippen molar-refractivity contribution >= 4 is 28.4 Å². The van der Waals surface area contributed by atoms with Gasteiger partial charge in [-0.05, 0) is 69.6 Å². The summed E-state index contributed by atoms with van der Waals surface area (Å²) in [6, 6.07) is 12.5. The van der Waals surface area contributed by atoms with Gasteiger partial charge in [-0.2, -0.15) is 4.98 Å². The Morgan fingerprint density at radius 3 is 2.72 bits per heavy atom. The van der Waals surface area contributed by atoms with Gasteiger partial charge in [-0.1, -0.05) is 12.1 Å². The monoisotopic (exact) mass is 526 g/mol. The van der Waals surface area contributed by atoms with Crippen LogP contribution in [0.5, 0.6) is 0 Å². The molecule has 1 fully saturated rings. The number of pyridine rings is 1. The van der Waals surface area contributed by atoms with Gasteiger partial charge in [-0.15, -0.1) is 6.58 Å². The van der Waals surface area contributed by atoms with Crippen molar-refractivity contribution in [3.05, 3.63) is 76.9 Å². The summed E-state index contributed by atoms with van der Waals surface area (Å²) in [6.45, 7) is 11.2. The average Bonchev–Trinajstić information content (AvgIpc) is 3.37. The maximum atomic E-state index is 13.3. The van der Waals surface area contributed by atoms with Crippen LogP contribution < -0.4 is 15.8 Å².